The van der Waals surface area contributed by atoms with Crippen molar-refractivity contribution in [3.8, 4) is 0 Å². The van der Waals surface area contributed by atoms with Gasteiger partial charge in [-0.3, -0.25) is 9.59 Å². The summed E-state index contributed by atoms with van der Waals surface area (Å²) in [5.41, 5.74) is 1.95. The van der Waals surface area contributed by atoms with Gasteiger partial charge in [0.1, 0.15) is 28.7 Å². The maximum absolute atomic E-state index is 14.4. The lowest BCUT2D eigenvalue weighted by atomic mass is 10.0. The number of hydrogen-bond donors (Lipinski definition) is 1. The molecule has 2 aromatic carbocycles. The molecule has 0 aromatic heterocycles. The fraction of sp³-hybridized carbons (Fsp3) is 0.321. The van der Waals surface area contributed by atoms with Crippen LogP contribution in [0.1, 0.15) is 34.3 Å². The third-order valence-corrected chi connectivity index (χ3v) is 7.78. The average molecular weight is 505 g/mol. The number of carbonyl (C=O) groups is 2. The molecule has 1 N–H and O–H groups in total. The van der Waals surface area contributed by atoms with Crippen LogP contribution in [0.5, 0.6) is 0 Å². The Morgan fingerprint density at radius 1 is 1.00 bits per heavy atom. The zero-order valence-corrected chi connectivity index (χ0v) is 20.2. The van der Waals surface area contributed by atoms with Crippen LogP contribution in [0.15, 0.2) is 71.2 Å². The molecule has 37 heavy (non-hydrogen) atoms. The summed E-state index contributed by atoms with van der Waals surface area (Å²) in [6, 6.07) is 10.8. The zero-order valence-electron chi connectivity index (χ0n) is 20.2. The minimum atomic E-state index is -0.926. The number of hydrogen-bond acceptors (Lipinski definition) is 5. The molecule has 2 saturated heterocycles. The van der Waals surface area contributed by atoms with Crippen molar-refractivity contribution in [1.82, 2.24) is 14.7 Å². The van der Waals surface area contributed by atoms with Gasteiger partial charge in [0.05, 0.1) is 6.04 Å². The Kier molecular flexibility index (Phi) is 5.58. The number of amides is 2. The lowest BCUT2D eigenvalue weighted by Gasteiger charge is -2.44. The second-order valence-electron chi connectivity index (χ2n) is 9.85. The predicted molar refractivity (Wildman–Crippen MR) is 133 cm³/mol. The van der Waals surface area contributed by atoms with Crippen molar-refractivity contribution in [2.75, 3.05) is 19.6 Å². The Balaban J connectivity index is 1.28. The highest BCUT2D eigenvalue weighted by Crippen LogP contribution is 2.35. The van der Waals surface area contributed by atoms with Gasteiger partial charge in [-0.2, -0.15) is 0 Å². The van der Waals surface area contributed by atoms with Gasteiger partial charge in [-0.25, -0.2) is 13.8 Å². The van der Waals surface area contributed by atoms with Crippen LogP contribution in [0, 0.1) is 11.6 Å². The monoisotopic (exact) mass is 504 g/mol. The second-order valence-corrected chi connectivity index (χ2v) is 9.85. The molecule has 9 heteroatoms. The molecule has 190 valence electrons. The topological polar surface area (TPSA) is 76.5 Å². The minimum Gasteiger partial charge on any atom is -0.504 e. The molecule has 1 unspecified atom stereocenters. The lowest BCUT2D eigenvalue weighted by Crippen LogP contribution is -2.58. The summed E-state index contributed by atoms with van der Waals surface area (Å²) in [7, 11) is 0. The maximum Gasteiger partial charge on any atom is 0.274 e. The van der Waals surface area contributed by atoms with E-state index in [1.807, 2.05) is 12.1 Å². The Morgan fingerprint density at radius 2 is 1.68 bits per heavy atom. The number of rotatable bonds is 3. The lowest BCUT2D eigenvalue weighted by molar-refractivity contribution is -0.133. The van der Waals surface area contributed by atoms with Crippen molar-refractivity contribution in [3.63, 3.8) is 0 Å². The first-order valence-electron chi connectivity index (χ1n) is 12.5. The predicted octanol–water partition coefficient (Wildman–Crippen LogP) is 3.58. The summed E-state index contributed by atoms with van der Waals surface area (Å²) in [5, 5.41) is 10.9. The van der Waals surface area contributed by atoms with Gasteiger partial charge in [-0.15, -0.1) is 0 Å². The number of likely N-dealkylation sites (tertiary alicyclic amines) is 1. The van der Waals surface area contributed by atoms with E-state index in [4.69, 9.17) is 0 Å². The van der Waals surface area contributed by atoms with E-state index in [0.29, 0.717) is 38.3 Å². The highest BCUT2D eigenvalue weighted by molar-refractivity contribution is 6.06. The molecule has 3 heterocycles. The Bertz CT molecular complexity index is 1360. The van der Waals surface area contributed by atoms with Gasteiger partial charge < -0.3 is 19.8 Å². The zero-order chi connectivity index (χ0) is 25.8. The first-order valence-corrected chi connectivity index (χ1v) is 12.5. The molecule has 2 aromatic rings. The van der Waals surface area contributed by atoms with Gasteiger partial charge in [0.2, 0.25) is 0 Å². The largest absolute Gasteiger partial charge is 0.504 e. The van der Waals surface area contributed by atoms with Crippen molar-refractivity contribution in [1.29, 1.82) is 0 Å². The molecule has 2 amide bonds. The van der Waals surface area contributed by atoms with E-state index in [1.54, 1.807) is 9.80 Å². The van der Waals surface area contributed by atoms with Crippen LogP contribution in [0.25, 0.3) is 0 Å². The third-order valence-electron chi connectivity index (χ3n) is 7.78. The fourth-order valence-electron chi connectivity index (χ4n) is 6.00. The summed E-state index contributed by atoms with van der Waals surface area (Å²) in [4.78, 5) is 36.3. The van der Waals surface area contributed by atoms with Crippen molar-refractivity contribution in [2.24, 2.45) is 4.99 Å². The van der Waals surface area contributed by atoms with Gasteiger partial charge in [0, 0.05) is 25.7 Å². The second kappa shape index (κ2) is 8.83. The van der Waals surface area contributed by atoms with Gasteiger partial charge >= 0.3 is 0 Å². The number of aliphatic imine (C=N–C) groups is 1. The Morgan fingerprint density at radius 3 is 2.35 bits per heavy atom. The molecule has 3 aliphatic heterocycles. The fourth-order valence-corrected chi connectivity index (χ4v) is 6.00. The average Bonchev–Trinajstić information content (AvgIpc) is 3.53. The van der Waals surface area contributed by atoms with Crippen molar-refractivity contribution in [3.05, 3.63) is 94.5 Å². The van der Waals surface area contributed by atoms with E-state index in [2.05, 4.69) is 23.7 Å². The molecule has 7 nitrogen and oxygen atoms in total. The van der Waals surface area contributed by atoms with Gasteiger partial charge in [0.25, 0.3) is 11.8 Å². The van der Waals surface area contributed by atoms with E-state index < -0.39 is 29.1 Å². The number of fused-ring (bicyclic) bond motifs is 2. The first kappa shape index (κ1) is 23.4. The number of piperazine rings is 1. The van der Waals surface area contributed by atoms with Gasteiger partial charge in [-0.05, 0) is 48.9 Å². The molecule has 0 radical (unpaired) electrons. The highest BCUT2D eigenvalue weighted by Gasteiger charge is 2.45. The molecule has 1 atom stereocenters. The van der Waals surface area contributed by atoms with Crippen molar-refractivity contribution >= 4 is 17.6 Å². The SMILES string of the molecule is C=C1N=C(C2CCCN2C(=O)c2c(F)cccc2F)N2CCN(C3Cc4ccccc4C3)C(=O)C2=C1O. The number of carbonyl (C=O) groups excluding carboxylic acids is 2. The number of halogens is 2. The molecule has 4 aliphatic rings. The Hall–Kier alpha value is -4.01. The Labute approximate surface area is 213 Å². The highest BCUT2D eigenvalue weighted by atomic mass is 19.1. The first-order chi connectivity index (χ1) is 17.8. The number of nitrogens with zero attached hydrogens (tertiary/aromatic N) is 4. The molecule has 0 bridgehead atoms. The van der Waals surface area contributed by atoms with Crippen LogP contribution in [-0.2, 0) is 17.6 Å². The normalized spacial score (nSPS) is 21.9. The molecule has 6 rings (SSSR count). The summed E-state index contributed by atoms with van der Waals surface area (Å²) < 4.78 is 28.8. The summed E-state index contributed by atoms with van der Waals surface area (Å²) >= 11 is 0. The standard InChI is InChI=1S/C28H26F2N4O3/c1-16-25(35)24-28(37)32(19-14-17-6-2-3-7-18(17)15-19)12-13-34(24)26(31-16)22-10-5-11-33(22)27(36)23-20(29)8-4-9-21(23)30/h2-4,6-9,19,22,35H,1,5,10-15H2. The van der Waals surface area contributed by atoms with E-state index in [1.165, 1.54) is 22.1 Å². The van der Waals surface area contributed by atoms with E-state index >= 15 is 0 Å². The van der Waals surface area contributed by atoms with Gasteiger partial charge in [-0.1, -0.05) is 36.9 Å². The summed E-state index contributed by atoms with van der Waals surface area (Å²) in [5.74, 6) is -2.82. The summed E-state index contributed by atoms with van der Waals surface area (Å²) in [6.07, 6.45) is 2.61. The van der Waals surface area contributed by atoms with Crippen LogP contribution < -0.4 is 0 Å². The minimum absolute atomic E-state index is 0.0171. The van der Waals surface area contributed by atoms with E-state index in [0.717, 1.165) is 25.0 Å². The molecular weight excluding hydrogens is 478 g/mol. The molecular formula is C28H26F2N4O3. The van der Waals surface area contributed by atoms with Crippen LogP contribution >= 0.6 is 0 Å². The molecule has 0 spiro atoms. The van der Waals surface area contributed by atoms with Crippen LogP contribution in [0.4, 0.5) is 8.78 Å². The summed E-state index contributed by atoms with van der Waals surface area (Å²) in [6.45, 7) is 4.92. The molecule has 2 fully saturated rings. The van der Waals surface area contributed by atoms with E-state index in [9.17, 15) is 23.5 Å². The molecule has 1 aliphatic carbocycles. The molecule has 0 saturated carbocycles. The maximum atomic E-state index is 14.4. The quantitative estimate of drug-likeness (QED) is 0.694. The number of aliphatic hydroxyl groups is 1. The third kappa shape index (κ3) is 3.72. The van der Waals surface area contributed by atoms with Crippen LogP contribution in [0.3, 0.4) is 0 Å². The smallest absolute Gasteiger partial charge is 0.274 e. The van der Waals surface area contributed by atoms with E-state index in [-0.39, 0.29) is 29.1 Å². The van der Waals surface area contributed by atoms with Crippen molar-refractivity contribution < 1.29 is 23.5 Å². The van der Waals surface area contributed by atoms with Gasteiger partial charge in [0.15, 0.2) is 11.5 Å². The number of amidine groups is 1. The van der Waals surface area contributed by atoms with Crippen LogP contribution in [0.2, 0.25) is 0 Å². The number of aliphatic hydroxyl groups excluding tert-OH is 1. The number of benzene rings is 2. The van der Waals surface area contributed by atoms with Crippen molar-refractivity contribution in [2.45, 2.75) is 37.8 Å². The van der Waals surface area contributed by atoms with Crippen LogP contribution in [-0.4, -0.2) is 69.2 Å².